The zero-order valence-electron chi connectivity index (χ0n) is 8.95. The Labute approximate surface area is 93.6 Å². The number of anilines is 1. The van der Waals surface area contributed by atoms with Crippen LogP contribution in [0, 0.1) is 0 Å². The maximum atomic E-state index is 12.6. The van der Waals surface area contributed by atoms with Crippen LogP contribution in [0.15, 0.2) is 18.2 Å². The Kier molecular flexibility index (Phi) is 3.31. The summed E-state index contributed by atoms with van der Waals surface area (Å²) in [5, 5.41) is 0. The molecule has 1 nitrogen and oxygen atoms in total. The van der Waals surface area contributed by atoms with Crippen LogP contribution in [0.25, 0.3) is 0 Å². The predicted molar refractivity (Wildman–Crippen MR) is 50.8 cm³/mol. The van der Waals surface area contributed by atoms with Crippen LogP contribution in [0.2, 0.25) is 0 Å². The normalized spacial score (nSPS) is 12.7. The minimum Gasteiger partial charge on any atom is -0.377 e. The number of halogens is 6. The third-order valence-electron chi connectivity index (χ3n) is 2.11. The van der Waals surface area contributed by atoms with Gasteiger partial charge in [0, 0.05) is 19.8 Å². The van der Waals surface area contributed by atoms with Crippen LogP contribution in [0.1, 0.15) is 11.1 Å². The van der Waals surface area contributed by atoms with E-state index in [0.29, 0.717) is 6.07 Å². The summed E-state index contributed by atoms with van der Waals surface area (Å²) in [6, 6.07) is 1.56. The van der Waals surface area contributed by atoms with Gasteiger partial charge in [0.25, 0.3) is 0 Å². The first-order valence-electron chi connectivity index (χ1n) is 4.49. The molecule has 0 aliphatic carbocycles. The Balaban J connectivity index is 3.41. The third-order valence-corrected chi connectivity index (χ3v) is 2.11. The van der Waals surface area contributed by atoms with Gasteiger partial charge >= 0.3 is 12.4 Å². The Morgan fingerprint density at radius 3 is 1.76 bits per heavy atom. The van der Waals surface area contributed by atoms with Crippen molar-refractivity contribution in [1.29, 1.82) is 0 Å². The van der Waals surface area contributed by atoms with Crippen molar-refractivity contribution < 1.29 is 26.3 Å². The molecule has 0 amide bonds. The van der Waals surface area contributed by atoms with E-state index < -0.39 is 23.5 Å². The molecule has 96 valence electrons. The van der Waals surface area contributed by atoms with Gasteiger partial charge in [-0.15, -0.1) is 0 Å². The number of rotatable bonds is 1. The van der Waals surface area contributed by atoms with E-state index >= 15 is 0 Å². The smallest absolute Gasteiger partial charge is 0.377 e. The minimum absolute atomic E-state index is 0.120. The van der Waals surface area contributed by atoms with Crippen molar-refractivity contribution in [3.63, 3.8) is 0 Å². The first-order valence-corrected chi connectivity index (χ1v) is 4.49. The Bertz CT molecular complexity index is 404. The van der Waals surface area contributed by atoms with Crippen molar-refractivity contribution in [1.82, 2.24) is 0 Å². The standard InChI is InChI=1S/C10H9F6N/c1-17(2)8-4-3-6(9(11,12)13)5-7(8)10(14,15)16/h3-5H,1-2H3. The molecule has 0 atom stereocenters. The lowest BCUT2D eigenvalue weighted by Gasteiger charge is -2.20. The van der Waals surface area contributed by atoms with Gasteiger partial charge in [-0.05, 0) is 18.2 Å². The fourth-order valence-corrected chi connectivity index (χ4v) is 1.33. The molecule has 1 aromatic rings. The minimum atomic E-state index is -4.82. The summed E-state index contributed by atoms with van der Waals surface area (Å²) < 4.78 is 74.7. The Morgan fingerprint density at radius 1 is 0.882 bits per heavy atom. The second kappa shape index (κ2) is 4.12. The molecule has 0 saturated heterocycles. The van der Waals surface area contributed by atoms with E-state index in [1.54, 1.807) is 0 Å². The van der Waals surface area contributed by atoms with Gasteiger partial charge in [0.05, 0.1) is 11.1 Å². The molecular weight excluding hydrogens is 248 g/mol. The lowest BCUT2D eigenvalue weighted by molar-refractivity contribution is -0.142. The van der Waals surface area contributed by atoms with E-state index in [1.807, 2.05) is 0 Å². The molecule has 1 aromatic carbocycles. The third kappa shape index (κ3) is 3.04. The largest absolute Gasteiger partial charge is 0.418 e. The zero-order valence-corrected chi connectivity index (χ0v) is 8.95. The summed E-state index contributed by atoms with van der Waals surface area (Å²) >= 11 is 0. The first kappa shape index (κ1) is 13.7. The summed E-state index contributed by atoms with van der Waals surface area (Å²) in [4.78, 5) is 1.11. The second-order valence-corrected chi connectivity index (χ2v) is 3.62. The van der Waals surface area contributed by atoms with E-state index in [9.17, 15) is 26.3 Å². The van der Waals surface area contributed by atoms with Crippen LogP contribution in [-0.2, 0) is 12.4 Å². The molecule has 1 rings (SSSR count). The van der Waals surface area contributed by atoms with E-state index in [-0.39, 0.29) is 11.8 Å². The monoisotopic (exact) mass is 257 g/mol. The highest BCUT2D eigenvalue weighted by Gasteiger charge is 2.38. The lowest BCUT2D eigenvalue weighted by atomic mass is 10.1. The fourth-order valence-electron chi connectivity index (χ4n) is 1.33. The second-order valence-electron chi connectivity index (χ2n) is 3.62. The number of nitrogens with zero attached hydrogens (tertiary/aromatic N) is 1. The van der Waals surface area contributed by atoms with Gasteiger partial charge in [0.15, 0.2) is 0 Å². The average Bonchev–Trinajstić information content (AvgIpc) is 2.14. The van der Waals surface area contributed by atoms with Crippen molar-refractivity contribution in [2.45, 2.75) is 12.4 Å². The van der Waals surface area contributed by atoms with Crippen molar-refractivity contribution >= 4 is 5.69 Å². The van der Waals surface area contributed by atoms with Gasteiger partial charge < -0.3 is 4.90 Å². The average molecular weight is 257 g/mol. The molecule has 0 aliphatic rings. The van der Waals surface area contributed by atoms with Gasteiger partial charge in [-0.25, -0.2) is 0 Å². The number of alkyl halides is 6. The van der Waals surface area contributed by atoms with Gasteiger partial charge in [-0.3, -0.25) is 0 Å². The molecule has 0 spiro atoms. The zero-order chi connectivity index (χ0) is 13.4. The van der Waals surface area contributed by atoms with Gasteiger partial charge in [0.2, 0.25) is 0 Å². The van der Waals surface area contributed by atoms with Gasteiger partial charge in [-0.1, -0.05) is 0 Å². The Hall–Kier alpha value is -1.40. The SMILES string of the molecule is CN(C)c1ccc(C(F)(F)F)cc1C(F)(F)F. The van der Waals surface area contributed by atoms with Crippen LogP contribution in [0.5, 0.6) is 0 Å². The van der Waals surface area contributed by atoms with E-state index in [1.165, 1.54) is 14.1 Å². The van der Waals surface area contributed by atoms with Crippen LogP contribution in [-0.4, -0.2) is 14.1 Å². The van der Waals surface area contributed by atoms with E-state index in [4.69, 9.17) is 0 Å². The molecule has 0 aliphatic heterocycles. The summed E-state index contributed by atoms with van der Waals surface area (Å²) in [7, 11) is 2.66. The summed E-state index contributed by atoms with van der Waals surface area (Å²) in [6.45, 7) is 0. The number of hydrogen-bond donors (Lipinski definition) is 0. The number of hydrogen-bond acceptors (Lipinski definition) is 1. The molecule has 0 radical (unpaired) electrons. The molecule has 0 N–H and O–H groups in total. The van der Waals surface area contributed by atoms with Crippen LogP contribution < -0.4 is 4.90 Å². The predicted octanol–water partition coefficient (Wildman–Crippen LogP) is 3.79. The molecule has 0 fully saturated rings. The molecular formula is C10H9F6N. The molecule has 0 bridgehead atoms. The van der Waals surface area contributed by atoms with Gasteiger partial charge in [0.1, 0.15) is 0 Å². The van der Waals surface area contributed by atoms with Crippen molar-refractivity contribution in [2.75, 3.05) is 19.0 Å². The molecule has 17 heavy (non-hydrogen) atoms. The van der Waals surface area contributed by atoms with E-state index in [2.05, 4.69) is 0 Å². The molecule has 0 aromatic heterocycles. The summed E-state index contributed by atoms with van der Waals surface area (Å²) in [6.07, 6.45) is -9.61. The number of benzene rings is 1. The van der Waals surface area contributed by atoms with Crippen molar-refractivity contribution in [3.05, 3.63) is 29.3 Å². The van der Waals surface area contributed by atoms with Crippen molar-refractivity contribution in [3.8, 4) is 0 Å². The maximum Gasteiger partial charge on any atom is 0.418 e. The fraction of sp³-hybridized carbons (Fsp3) is 0.400. The molecule has 0 unspecified atom stereocenters. The lowest BCUT2D eigenvalue weighted by Crippen LogP contribution is -2.18. The van der Waals surface area contributed by atoms with Crippen molar-refractivity contribution in [2.24, 2.45) is 0 Å². The van der Waals surface area contributed by atoms with Crippen LogP contribution >= 0.6 is 0 Å². The van der Waals surface area contributed by atoms with Gasteiger partial charge in [-0.2, -0.15) is 26.3 Å². The first-order chi connectivity index (χ1) is 7.53. The topological polar surface area (TPSA) is 3.24 Å². The summed E-state index contributed by atoms with van der Waals surface area (Å²) in [5.74, 6) is 0. The molecule has 0 saturated carbocycles. The Morgan fingerprint density at radius 2 is 1.41 bits per heavy atom. The molecule has 7 heteroatoms. The maximum absolute atomic E-state index is 12.6. The molecule has 0 heterocycles. The highest BCUT2D eigenvalue weighted by molar-refractivity contribution is 5.55. The summed E-state index contributed by atoms with van der Waals surface area (Å²) in [5.41, 5.74) is -2.90. The highest BCUT2D eigenvalue weighted by atomic mass is 19.4. The van der Waals surface area contributed by atoms with E-state index in [0.717, 1.165) is 11.0 Å². The highest BCUT2D eigenvalue weighted by Crippen LogP contribution is 2.40. The van der Waals surface area contributed by atoms with Crippen LogP contribution in [0.4, 0.5) is 32.0 Å². The van der Waals surface area contributed by atoms with Crippen LogP contribution in [0.3, 0.4) is 0 Å². The quantitative estimate of drug-likeness (QED) is 0.692.